The molecule has 0 saturated carbocycles. The van der Waals surface area contributed by atoms with Crippen LogP contribution in [0.3, 0.4) is 0 Å². The summed E-state index contributed by atoms with van der Waals surface area (Å²) in [6.07, 6.45) is 3.05. The van der Waals surface area contributed by atoms with Gasteiger partial charge in [-0.15, -0.1) is 11.3 Å². The second-order valence-corrected chi connectivity index (χ2v) is 5.40. The Bertz CT molecular complexity index is 910. The van der Waals surface area contributed by atoms with Gasteiger partial charge in [-0.3, -0.25) is 14.0 Å². The van der Waals surface area contributed by atoms with Gasteiger partial charge in [0.1, 0.15) is 18.3 Å². The maximum absolute atomic E-state index is 12.4. The van der Waals surface area contributed by atoms with Crippen molar-refractivity contribution in [3.05, 3.63) is 44.8 Å². The number of aryl methyl sites for hydroxylation is 1. The summed E-state index contributed by atoms with van der Waals surface area (Å²) in [6, 6.07) is 1.88. The summed E-state index contributed by atoms with van der Waals surface area (Å²) in [7, 11) is 1.75. The quantitative estimate of drug-likeness (QED) is 0.703. The van der Waals surface area contributed by atoms with Gasteiger partial charge in [-0.1, -0.05) is 11.8 Å². The van der Waals surface area contributed by atoms with E-state index in [4.69, 9.17) is 5.11 Å². The fourth-order valence-electron chi connectivity index (χ4n) is 2.04. The molecular formula is C14H12N4O2S. The average Bonchev–Trinajstić information content (AvgIpc) is 3.07. The Morgan fingerprint density at radius 3 is 3.14 bits per heavy atom. The van der Waals surface area contributed by atoms with Gasteiger partial charge in [0.25, 0.3) is 5.56 Å². The van der Waals surface area contributed by atoms with Crippen LogP contribution in [-0.4, -0.2) is 31.0 Å². The fraction of sp³-hybridized carbons (Fsp3) is 0.214. The second-order valence-electron chi connectivity index (χ2n) is 4.40. The Hall–Kier alpha value is -2.43. The minimum Gasteiger partial charge on any atom is -0.384 e. The van der Waals surface area contributed by atoms with E-state index in [2.05, 4.69) is 21.9 Å². The van der Waals surface area contributed by atoms with Crippen molar-refractivity contribution in [2.45, 2.75) is 6.54 Å². The highest BCUT2D eigenvalue weighted by Crippen LogP contribution is 2.17. The third-order valence-corrected chi connectivity index (χ3v) is 3.99. The van der Waals surface area contributed by atoms with Crippen LogP contribution in [0.4, 0.5) is 0 Å². The minimum atomic E-state index is -0.182. The number of aliphatic hydroxyl groups excluding tert-OH is 1. The van der Waals surface area contributed by atoms with Gasteiger partial charge in [0.2, 0.25) is 0 Å². The van der Waals surface area contributed by atoms with Gasteiger partial charge in [-0.05, 0) is 11.4 Å². The molecule has 0 spiro atoms. The van der Waals surface area contributed by atoms with Crippen molar-refractivity contribution < 1.29 is 5.11 Å². The molecule has 0 unspecified atom stereocenters. The van der Waals surface area contributed by atoms with E-state index in [-0.39, 0.29) is 12.2 Å². The number of aliphatic hydroxyl groups is 1. The highest BCUT2D eigenvalue weighted by atomic mass is 32.1. The van der Waals surface area contributed by atoms with Crippen molar-refractivity contribution >= 4 is 22.4 Å². The van der Waals surface area contributed by atoms with Gasteiger partial charge in [-0.25, -0.2) is 4.98 Å². The molecule has 3 aromatic heterocycles. The lowest BCUT2D eigenvalue weighted by Crippen LogP contribution is -2.21. The minimum absolute atomic E-state index is 0.123. The van der Waals surface area contributed by atoms with Crippen LogP contribution in [0, 0.1) is 11.8 Å². The van der Waals surface area contributed by atoms with Gasteiger partial charge in [0, 0.05) is 17.5 Å². The number of rotatable bonds is 2. The molecule has 106 valence electrons. The zero-order valence-corrected chi connectivity index (χ0v) is 12.1. The molecule has 21 heavy (non-hydrogen) atoms. The summed E-state index contributed by atoms with van der Waals surface area (Å²) < 4.78 is 3.12. The highest BCUT2D eigenvalue weighted by Gasteiger charge is 2.10. The first-order valence-electron chi connectivity index (χ1n) is 6.24. The highest BCUT2D eigenvalue weighted by molar-refractivity contribution is 7.10. The van der Waals surface area contributed by atoms with Crippen LogP contribution in [-0.2, 0) is 13.6 Å². The lowest BCUT2D eigenvalue weighted by molar-refractivity contribution is 0.350. The Labute approximate surface area is 124 Å². The Morgan fingerprint density at radius 1 is 1.48 bits per heavy atom. The third-order valence-electron chi connectivity index (χ3n) is 3.08. The predicted molar refractivity (Wildman–Crippen MR) is 80.2 cm³/mol. The van der Waals surface area contributed by atoms with E-state index in [1.807, 2.05) is 11.4 Å². The van der Waals surface area contributed by atoms with Gasteiger partial charge in [0.05, 0.1) is 12.7 Å². The van der Waals surface area contributed by atoms with Crippen LogP contribution >= 0.6 is 11.3 Å². The molecule has 0 atom stereocenters. The van der Waals surface area contributed by atoms with E-state index < -0.39 is 0 Å². The number of hydrogen-bond donors (Lipinski definition) is 1. The van der Waals surface area contributed by atoms with Crippen molar-refractivity contribution in [1.29, 1.82) is 0 Å². The van der Waals surface area contributed by atoms with E-state index >= 15 is 0 Å². The van der Waals surface area contributed by atoms with Crippen LogP contribution in [0.1, 0.15) is 10.4 Å². The molecule has 7 heteroatoms. The van der Waals surface area contributed by atoms with E-state index in [1.165, 1.54) is 23.9 Å². The first-order chi connectivity index (χ1) is 10.2. The Kier molecular flexibility index (Phi) is 3.56. The molecule has 0 amide bonds. The lowest BCUT2D eigenvalue weighted by Gasteiger charge is -2.04. The summed E-state index contributed by atoms with van der Waals surface area (Å²) in [5.74, 6) is 5.50. The number of nitrogens with zero attached hydrogens (tertiary/aromatic N) is 4. The van der Waals surface area contributed by atoms with Crippen molar-refractivity contribution in [3.63, 3.8) is 0 Å². The lowest BCUT2D eigenvalue weighted by atomic mass is 10.2. The largest absolute Gasteiger partial charge is 0.384 e. The van der Waals surface area contributed by atoms with Crippen molar-refractivity contribution in [2.24, 2.45) is 7.05 Å². The smallest absolute Gasteiger partial charge is 0.264 e. The maximum atomic E-state index is 12.4. The van der Waals surface area contributed by atoms with Crippen LogP contribution in [0.25, 0.3) is 11.0 Å². The molecule has 0 aromatic carbocycles. The molecule has 0 aliphatic carbocycles. The zero-order valence-electron chi connectivity index (χ0n) is 11.3. The summed E-state index contributed by atoms with van der Waals surface area (Å²) in [5, 5.41) is 15.2. The summed E-state index contributed by atoms with van der Waals surface area (Å²) in [6.45, 7) is 0.224. The van der Waals surface area contributed by atoms with Crippen LogP contribution in [0.2, 0.25) is 0 Å². The molecule has 3 rings (SSSR count). The Morgan fingerprint density at radius 2 is 2.33 bits per heavy atom. The normalized spacial score (nSPS) is 10.6. The van der Waals surface area contributed by atoms with Crippen molar-refractivity contribution in [3.8, 4) is 11.8 Å². The molecule has 1 N–H and O–H groups in total. The summed E-state index contributed by atoms with van der Waals surface area (Å²) in [4.78, 5) is 17.6. The van der Waals surface area contributed by atoms with Crippen LogP contribution in [0.5, 0.6) is 0 Å². The molecule has 6 nitrogen and oxygen atoms in total. The number of thiophene rings is 1. The topological polar surface area (TPSA) is 72.9 Å². The standard InChI is InChI=1S/C14H12N4O2S/c1-17-13-11(7-16-17)14(20)18(9-15-13)8-12-10(3-2-5-19)4-6-21-12/h4,6-7,9,19H,5,8H2,1H3. The van der Waals surface area contributed by atoms with E-state index in [0.717, 1.165) is 10.4 Å². The molecule has 0 aliphatic rings. The van der Waals surface area contributed by atoms with Gasteiger partial charge in [0.15, 0.2) is 5.65 Å². The zero-order chi connectivity index (χ0) is 14.8. The fourth-order valence-corrected chi connectivity index (χ4v) is 2.87. The number of aromatic nitrogens is 4. The molecule has 3 aromatic rings. The molecular weight excluding hydrogens is 288 g/mol. The number of hydrogen-bond acceptors (Lipinski definition) is 5. The number of fused-ring (bicyclic) bond motifs is 1. The van der Waals surface area contributed by atoms with Crippen molar-refractivity contribution in [1.82, 2.24) is 19.3 Å². The van der Waals surface area contributed by atoms with Gasteiger partial charge < -0.3 is 5.11 Å². The molecule has 0 saturated heterocycles. The van der Waals surface area contributed by atoms with Crippen LogP contribution in [0.15, 0.2) is 28.8 Å². The second kappa shape index (κ2) is 5.52. The van der Waals surface area contributed by atoms with Gasteiger partial charge >= 0.3 is 0 Å². The SMILES string of the molecule is Cn1ncc2c(=O)n(Cc3sccc3C#CCO)cnc21. The molecule has 0 radical (unpaired) electrons. The van der Waals surface area contributed by atoms with E-state index in [0.29, 0.717) is 17.6 Å². The first kappa shape index (κ1) is 13.5. The van der Waals surface area contributed by atoms with Crippen molar-refractivity contribution in [2.75, 3.05) is 6.61 Å². The predicted octanol–water partition coefficient (Wildman–Crippen LogP) is 0.584. The molecule has 3 heterocycles. The van der Waals surface area contributed by atoms with E-state index in [1.54, 1.807) is 16.3 Å². The van der Waals surface area contributed by atoms with E-state index in [9.17, 15) is 4.79 Å². The third kappa shape index (κ3) is 2.46. The summed E-state index contributed by atoms with van der Waals surface area (Å²) >= 11 is 1.52. The van der Waals surface area contributed by atoms with Gasteiger partial charge in [-0.2, -0.15) is 5.10 Å². The van der Waals surface area contributed by atoms with Crippen LogP contribution < -0.4 is 5.56 Å². The Balaban J connectivity index is 2.01. The summed E-state index contributed by atoms with van der Waals surface area (Å²) in [5.41, 5.74) is 1.28. The molecule has 0 bridgehead atoms. The molecule has 0 fully saturated rings. The monoisotopic (exact) mass is 300 g/mol. The average molecular weight is 300 g/mol. The first-order valence-corrected chi connectivity index (χ1v) is 7.12. The molecule has 0 aliphatic heterocycles. The maximum Gasteiger partial charge on any atom is 0.264 e.